The molecule has 0 aliphatic rings. The Morgan fingerprint density at radius 2 is 1.63 bits per heavy atom. The van der Waals surface area contributed by atoms with E-state index in [0.717, 1.165) is 16.6 Å². The number of hydrogen-bond acceptors (Lipinski definition) is 4. The number of benzene rings is 2. The summed E-state index contributed by atoms with van der Waals surface area (Å²) in [6.07, 6.45) is 7.14. The molecule has 2 heterocycles. The molecule has 0 saturated heterocycles. The Hall–Kier alpha value is -3.53. The summed E-state index contributed by atoms with van der Waals surface area (Å²) in [6, 6.07) is 21.7. The van der Waals surface area contributed by atoms with Crippen molar-refractivity contribution in [3.8, 4) is 0 Å². The van der Waals surface area contributed by atoms with E-state index in [-0.39, 0.29) is 11.8 Å². The number of carbonyl (C=O) groups excluding carboxylic acids is 1. The van der Waals surface area contributed by atoms with Crippen LogP contribution in [0.1, 0.15) is 28.4 Å². The summed E-state index contributed by atoms with van der Waals surface area (Å²) >= 11 is 0. The minimum atomic E-state index is -0.174. The highest BCUT2D eigenvalue weighted by molar-refractivity contribution is 5.96. The zero-order valence-corrected chi connectivity index (χ0v) is 14.7. The van der Waals surface area contributed by atoms with Gasteiger partial charge in [-0.3, -0.25) is 14.8 Å². The predicted molar refractivity (Wildman–Crippen MR) is 108 cm³/mol. The maximum absolute atomic E-state index is 12.7. The van der Waals surface area contributed by atoms with Gasteiger partial charge in [-0.15, -0.1) is 0 Å². The highest BCUT2D eigenvalue weighted by Crippen LogP contribution is 2.26. The Bertz CT molecular complexity index is 1050. The summed E-state index contributed by atoms with van der Waals surface area (Å²) < 4.78 is 0. The topological polar surface area (TPSA) is 54.9 Å². The van der Waals surface area contributed by atoms with E-state index < -0.39 is 0 Å². The molecule has 0 unspecified atom stereocenters. The van der Waals surface area contributed by atoms with Crippen LogP contribution in [-0.4, -0.2) is 15.8 Å². The third kappa shape index (κ3) is 4.01. The van der Waals surface area contributed by atoms with Gasteiger partial charge < -0.3 is 5.32 Å². The first kappa shape index (κ1) is 16.9. The van der Waals surface area contributed by atoms with Crippen molar-refractivity contribution in [3.63, 3.8) is 0 Å². The molecule has 0 spiro atoms. The predicted octanol–water partition coefficient (Wildman–Crippen LogP) is 5.06. The van der Waals surface area contributed by atoms with E-state index in [4.69, 9.17) is 0 Å². The molecule has 0 fully saturated rings. The fourth-order valence-corrected chi connectivity index (χ4v) is 3.15. The Balaban J connectivity index is 1.62. The molecule has 1 N–H and O–H groups in total. The molecule has 27 heavy (non-hydrogen) atoms. The fraction of sp³-hybridized carbons (Fsp3) is 0.0870. The molecular weight excluding hydrogens is 334 g/mol. The number of nitrogens with one attached hydrogen (secondary N) is 1. The average Bonchev–Trinajstić information content (AvgIpc) is 2.74. The van der Waals surface area contributed by atoms with Gasteiger partial charge in [0.15, 0.2) is 5.78 Å². The van der Waals surface area contributed by atoms with Gasteiger partial charge in [0.1, 0.15) is 0 Å². The first-order valence-electron chi connectivity index (χ1n) is 8.88. The smallest absolute Gasteiger partial charge is 0.166 e. The second-order valence-electron chi connectivity index (χ2n) is 6.41. The number of Topliss-reactive ketones (excluding diaryl/α,β-unsaturated/α-hetero) is 1. The van der Waals surface area contributed by atoms with Crippen LogP contribution in [0.5, 0.6) is 0 Å². The van der Waals surface area contributed by atoms with Crippen molar-refractivity contribution in [2.75, 3.05) is 5.32 Å². The molecule has 2 aromatic carbocycles. The van der Waals surface area contributed by atoms with Crippen LogP contribution < -0.4 is 5.32 Å². The number of hydrogen-bond donors (Lipinski definition) is 1. The Labute approximate surface area is 157 Å². The Morgan fingerprint density at radius 1 is 0.852 bits per heavy atom. The number of nitrogens with zero attached hydrogens (tertiary/aromatic N) is 2. The molecule has 132 valence electrons. The molecule has 4 heteroatoms. The van der Waals surface area contributed by atoms with E-state index in [1.807, 2.05) is 30.3 Å². The van der Waals surface area contributed by atoms with Crippen LogP contribution in [0.25, 0.3) is 10.8 Å². The van der Waals surface area contributed by atoms with Gasteiger partial charge in [-0.25, -0.2) is 0 Å². The van der Waals surface area contributed by atoms with Gasteiger partial charge in [0.2, 0.25) is 0 Å². The van der Waals surface area contributed by atoms with Crippen molar-refractivity contribution in [2.24, 2.45) is 0 Å². The first-order chi connectivity index (χ1) is 13.3. The number of ketones is 1. The molecule has 0 radical (unpaired) electrons. The van der Waals surface area contributed by atoms with E-state index in [9.17, 15) is 4.79 Å². The molecule has 4 aromatic rings. The van der Waals surface area contributed by atoms with Gasteiger partial charge in [0.05, 0.1) is 6.04 Å². The zero-order chi connectivity index (χ0) is 18.5. The SMILES string of the molecule is O=C(C[C@H](Nc1ccc2ccccc2c1)c1cccnc1)c1cccnc1. The lowest BCUT2D eigenvalue weighted by Crippen LogP contribution is -2.16. The van der Waals surface area contributed by atoms with Crippen LogP contribution in [-0.2, 0) is 0 Å². The molecule has 0 aliphatic carbocycles. The van der Waals surface area contributed by atoms with Crippen molar-refractivity contribution < 1.29 is 4.79 Å². The Kier molecular flexibility index (Phi) is 4.88. The van der Waals surface area contributed by atoms with Crippen molar-refractivity contribution in [1.29, 1.82) is 0 Å². The van der Waals surface area contributed by atoms with Crippen molar-refractivity contribution in [1.82, 2.24) is 9.97 Å². The van der Waals surface area contributed by atoms with E-state index in [1.54, 1.807) is 36.9 Å². The summed E-state index contributed by atoms with van der Waals surface area (Å²) in [6.45, 7) is 0. The molecular formula is C23H19N3O. The van der Waals surface area contributed by atoms with Gasteiger partial charge >= 0.3 is 0 Å². The van der Waals surface area contributed by atoms with Crippen molar-refractivity contribution in [2.45, 2.75) is 12.5 Å². The lowest BCUT2D eigenvalue weighted by Gasteiger charge is -2.20. The summed E-state index contributed by atoms with van der Waals surface area (Å²) in [5.74, 6) is 0.0465. The van der Waals surface area contributed by atoms with Crippen LogP contribution in [0.3, 0.4) is 0 Å². The van der Waals surface area contributed by atoms with Gasteiger partial charge in [-0.2, -0.15) is 0 Å². The van der Waals surface area contributed by atoms with Crippen molar-refractivity contribution in [3.05, 3.63) is 103 Å². The standard InChI is InChI=1S/C23H19N3O/c27-23(20-8-4-12-25-16-20)14-22(19-7-3-11-24-15-19)26-21-10-9-17-5-1-2-6-18(17)13-21/h1-13,15-16,22,26H,14H2/t22-/m0/s1. The highest BCUT2D eigenvalue weighted by atomic mass is 16.1. The van der Waals surface area contributed by atoms with Gasteiger partial charge in [0, 0.05) is 42.5 Å². The molecule has 4 rings (SSSR count). The van der Waals surface area contributed by atoms with Gasteiger partial charge in [-0.1, -0.05) is 36.4 Å². The summed E-state index contributed by atoms with van der Waals surface area (Å²) in [7, 11) is 0. The van der Waals surface area contributed by atoms with E-state index in [0.29, 0.717) is 12.0 Å². The summed E-state index contributed by atoms with van der Waals surface area (Å²) in [5, 5.41) is 5.85. The van der Waals surface area contributed by atoms with Crippen LogP contribution >= 0.6 is 0 Å². The quantitative estimate of drug-likeness (QED) is 0.493. The van der Waals surface area contributed by atoms with Crippen LogP contribution in [0.4, 0.5) is 5.69 Å². The minimum Gasteiger partial charge on any atom is -0.378 e. The first-order valence-corrected chi connectivity index (χ1v) is 8.88. The number of pyridine rings is 2. The lowest BCUT2D eigenvalue weighted by atomic mass is 9.99. The molecule has 0 saturated carbocycles. The molecule has 4 nitrogen and oxygen atoms in total. The monoisotopic (exact) mass is 353 g/mol. The second kappa shape index (κ2) is 7.79. The summed E-state index contributed by atoms with van der Waals surface area (Å²) in [5.41, 5.74) is 2.57. The van der Waals surface area contributed by atoms with E-state index >= 15 is 0 Å². The molecule has 0 bridgehead atoms. The second-order valence-corrected chi connectivity index (χ2v) is 6.41. The number of aromatic nitrogens is 2. The maximum Gasteiger partial charge on any atom is 0.166 e. The number of fused-ring (bicyclic) bond motifs is 1. The Morgan fingerprint density at radius 3 is 2.37 bits per heavy atom. The van der Waals surface area contributed by atoms with Gasteiger partial charge in [-0.05, 0) is 46.7 Å². The largest absolute Gasteiger partial charge is 0.378 e. The van der Waals surface area contributed by atoms with Crippen LogP contribution in [0.2, 0.25) is 0 Å². The molecule has 0 aliphatic heterocycles. The normalized spacial score (nSPS) is 11.9. The maximum atomic E-state index is 12.7. The van der Waals surface area contributed by atoms with Crippen molar-refractivity contribution >= 4 is 22.2 Å². The number of carbonyl (C=O) groups is 1. The third-order valence-electron chi connectivity index (χ3n) is 4.55. The summed E-state index contributed by atoms with van der Waals surface area (Å²) in [4.78, 5) is 21.0. The van der Waals surface area contributed by atoms with Crippen LogP contribution in [0, 0.1) is 0 Å². The average molecular weight is 353 g/mol. The third-order valence-corrected chi connectivity index (χ3v) is 4.55. The van der Waals surface area contributed by atoms with Crippen LogP contribution in [0.15, 0.2) is 91.5 Å². The molecule has 1 atom stereocenters. The zero-order valence-electron chi connectivity index (χ0n) is 14.7. The number of rotatable bonds is 6. The minimum absolute atomic E-state index is 0.0465. The van der Waals surface area contributed by atoms with E-state index in [2.05, 4.69) is 39.6 Å². The highest BCUT2D eigenvalue weighted by Gasteiger charge is 2.18. The van der Waals surface area contributed by atoms with E-state index in [1.165, 1.54) is 5.39 Å². The number of anilines is 1. The van der Waals surface area contributed by atoms with Gasteiger partial charge in [0.25, 0.3) is 0 Å². The molecule has 2 aromatic heterocycles. The lowest BCUT2D eigenvalue weighted by molar-refractivity contribution is 0.0976. The molecule has 0 amide bonds. The fourth-order valence-electron chi connectivity index (χ4n) is 3.15.